The first-order valence-corrected chi connectivity index (χ1v) is 4.09. The van der Waals surface area contributed by atoms with E-state index < -0.39 is 17.3 Å². The van der Waals surface area contributed by atoms with Crippen LogP contribution in [0.4, 0.5) is 13.2 Å². The first kappa shape index (κ1) is 13.9. The fourth-order valence-corrected chi connectivity index (χ4v) is 1.30. The van der Waals surface area contributed by atoms with Crippen LogP contribution in [-0.2, 0) is 6.18 Å². The number of alkyl halides is 3. The van der Waals surface area contributed by atoms with Gasteiger partial charge in [0.2, 0.25) is 0 Å². The van der Waals surface area contributed by atoms with Gasteiger partial charge in [-0.2, -0.15) is 19.2 Å². The molecule has 0 aliphatic rings. The molecule has 0 spiro atoms. The second kappa shape index (κ2) is 5.01. The van der Waals surface area contributed by atoms with Crippen LogP contribution in [0.2, 0.25) is 0 Å². The van der Waals surface area contributed by atoms with Crippen LogP contribution in [0.1, 0.15) is 5.56 Å². The fourth-order valence-electron chi connectivity index (χ4n) is 1.30. The van der Waals surface area contributed by atoms with E-state index in [1.807, 2.05) is 0 Å². The third kappa shape index (κ3) is 2.75. The molecule has 1 heterocycles. The Hall–Kier alpha value is -0.144. The zero-order chi connectivity index (χ0) is 11.1. The number of pyridine rings is 1. The summed E-state index contributed by atoms with van der Waals surface area (Å²) in [6.45, 7) is 0. The molecule has 0 unspecified atom stereocenters. The van der Waals surface area contributed by atoms with Crippen molar-refractivity contribution in [1.82, 2.24) is 4.98 Å². The topological polar surface area (TPSA) is 32.9 Å². The molecule has 0 fully saturated rings. The molecule has 0 bridgehead atoms. The summed E-state index contributed by atoms with van der Waals surface area (Å²) in [5.74, 6) is 0. The van der Waals surface area contributed by atoms with Crippen LogP contribution in [0.25, 0.3) is 10.8 Å². The van der Waals surface area contributed by atoms with Gasteiger partial charge >= 0.3 is 57.6 Å². The van der Waals surface area contributed by atoms with E-state index in [0.29, 0.717) is 5.39 Å². The van der Waals surface area contributed by atoms with Gasteiger partial charge in [0.25, 0.3) is 0 Å². The van der Waals surface area contributed by atoms with Crippen molar-refractivity contribution in [3.05, 3.63) is 46.4 Å². The number of fused-ring (bicyclic) bond motifs is 1. The maximum atomic E-state index is 12.3. The Morgan fingerprint density at radius 1 is 1.25 bits per heavy atom. The molecule has 1 aromatic carbocycles. The largest absolute Gasteiger partial charge is 1.00 e. The summed E-state index contributed by atoms with van der Waals surface area (Å²) in [5.41, 5.74) is -1.40. The standard InChI is InChI=1S/C10H5F3NO.K/c11-10(12,13)7-2-1-6-3-4-14-9(15)8(6)5-7;/h1-3,5H,(H,14,15);/q-1;+1. The van der Waals surface area contributed by atoms with Gasteiger partial charge in [-0.3, -0.25) is 0 Å². The van der Waals surface area contributed by atoms with Crippen LogP contribution in [0.5, 0.6) is 0 Å². The van der Waals surface area contributed by atoms with Gasteiger partial charge in [0, 0.05) is 0 Å². The van der Waals surface area contributed by atoms with Gasteiger partial charge in [0.05, 0.1) is 5.56 Å². The summed E-state index contributed by atoms with van der Waals surface area (Å²) in [6.07, 6.45) is -1.99. The average molecular weight is 251 g/mol. The van der Waals surface area contributed by atoms with Crippen molar-refractivity contribution in [3.63, 3.8) is 0 Å². The van der Waals surface area contributed by atoms with E-state index in [2.05, 4.69) is 11.2 Å². The molecule has 2 nitrogen and oxygen atoms in total. The number of rotatable bonds is 0. The molecule has 0 saturated carbocycles. The molecule has 1 N–H and O–H groups in total. The fraction of sp³-hybridized carbons (Fsp3) is 0.100. The minimum Gasteiger partial charge on any atom is -0.436 e. The second-order valence-corrected chi connectivity index (χ2v) is 3.04. The Kier molecular flexibility index (Phi) is 4.36. The number of benzene rings is 1. The molecule has 16 heavy (non-hydrogen) atoms. The van der Waals surface area contributed by atoms with Crippen LogP contribution in [0.3, 0.4) is 0 Å². The smallest absolute Gasteiger partial charge is 0.436 e. The van der Waals surface area contributed by atoms with Crippen LogP contribution in [-0.4, -0.2) is 4.98 Å². The number of aromatic amines is 1. The zero-order valence-corrected chi connectivity index (χ0v) is 11.5. The molecule has 2 aromatic rings. The molecule has 2 rings (SSSR count). The predicted octanol–water partition coefficient (Wildman–Crippen LogP) is -0.649. The van der Waals surface area contributed by atoms with E-state index in [9.17, 15) is 18.0 Å². The van der Waals surface area contributed by atoms with E-state index in [0.717, 1.165) is 12.1 Å². The molecule has 78 valence electrons. The van der Waals surface area contributed by atoms with Gasteiger partial charge in [0.1, 0.15) is 5.56 Å². The first-order valence-electron chi connectivity index (χ1n) is 4.09. The summed E-state index contributed by atoms with van der Waals surface area (Å²) >= 11 is 0. The van der Waals surface area contributed by atoms with E-state index in [1.54, 1.807) is 0 Å². The van der Waals surface area contributed by atoms with E-state index in [4.69, 9.17) is 0 Å². The number of nitrogens with one attached hydrogen (secondary N) is 1. The monoisotopic (exact) mass is 251 g/mol. The summed E-state index contributed by atoms with van der Waals surface area (Å²) in [5, 5.41) is 0.454. The molecule has 6 heteroatoms. The van der Waals surface area contributed by atoms with Crippen molar-refractivity contribution in [2.24, 2.45) is 0 Å². The summed E-state index contributed by atoms with van der Waals surface area (Å²) < 4.78 is 37.0. The molecule has 0 saturated heterocycles. The van der Waals surface area contributed by atoms with Crippen molar-refractivity contribution < 1.29 is 64.6 Å². The summed E-state index contributed by atoms with van der Waals surface area (Å²) in [4.78, 5) is 13.4. The Balaban J connectivity index is 0.00000128. The molecule has 0 atom stereocenters. The maximum Gasteiger partial charge on any atom is 1.00 e. The van der Waals surface area contributed by atoms with E-state index >= 15 is 0 Å². The van der Waals surface area contributed by atoms with Crippen LogP contribution < -0.4 is 56.9 Å². The summed E-state index contributed by atoms with van der Waals surface area (Å²) in [7, 11) is 0. The van der Waals surface area contributed by atoms with Gasteiger partial charge < -0.3 is 9.78 Å². The van der Waals surface area contributed by atoms with Crippen molar-refractivity contribution >= 4 is 10.8 Å². The number of hydrogen-bond donors (Lipinski definition) is 1. The quantitative estimate of drug-likeness (QED) is 0.490. The molecule has 1 aromatic heterocycles. The van der Waals surface area contributed by atoms with Gasteiger partial charge in [-0.1, -0.05) is 17.5 Å². The third-order valence-electron chi connectivity index (χ3n) is 2.04. The van der Waals surface area contributed by atoms with Crippen molar-refractivity contribution in [3.8, 4) is 0 Å². The van der Waals surface area contributed by atoms with Crippen LogP contribution in [0.15, 0.2) is 29.1 Å². The maximum absolute atomic E-state index is 12.3. The minimum atomic E-state index is -4.43. The zero-order valence-electron chi connectivity index (χ0n) is 8.35. The van der Waals surface area contributed by atoms with E-state index in [1.165, 1.54) is 12.1 Å². The number of aromatic nitrogens is 1. The van der Waals surface area contributed by atoms with Gasteiger partial charge in [0.15, 0.2) is 0 Å². The molecular weight excluding hydrogens is 246 g/mol. The van der Waals surface area contributed by atoms with Gasteiger partial charge in [-0.15, -0.1) is 17.6 Å². The van der Waals surface area contributed by atoms with Crippen molar-refractivity contribution in [2.75, 3.05) is 0 Å². The average Bonchev–Trinajstić information content (AvgIpc) is 2.16. The number of hydrogen-bond acceptors (Lipinski definition) is 1. The first-order chi connectivity index (χ1) is 6.98. The molecule has 0 radical (unpaired) electrons. The van der Waals surface area contributed by atoms with E-state index in [-0.39, 0.29) is 56.8 Å². The molecular formula is C10H5F3KNO. The molecule has 0 aliphatic heterocycles. The molecule has 0 aliphatic carbocycles. The van der Waals surface area contributed by atoms with Gasteiger partial charge in [-0.05, 0) is 0 Å². The van der Waals surface area contributed by atoms with Crippen molar-refractivity contribution in [1.29, 1.82) is 0 Å². The number of halogens is 3. The predicted molar refractivity (Wildman–Crippen MR) is 48.4 cm³/mol. The van der Waals surface area contributed by atoms with Crippen LogP contribution in [0, 0.1) is 6.20 Å². The SMILES string of the molecule is O=c1[nH][c-]cc2ccc(C(F)(F)F)cc12.[K+]. The second-order valence-electron chi connectivity index (χ2n) is 3.04. The Morgan fingerprint density at radius 2 is 1.94 bits per heavy atom. The third-order valence-corrected chi connectivity index (χ3v) is 2.04. The van der Waals surface area contributed by atoms with Gasteiger partial charge in [-0.25, -0.2) is 0 Å². The summed E-state index contributed by atoms with van der Waals surface area (Å²) in [6, 6.07) is 4.46. The normalized spacial score (nSPS) is 11.2. The van der Waals surface area contributed by atoms with Crippen LogP contribution >= 0.6 is 0 Å². The Bertz CT molecular complexity index is 562. The minimum absolute atomic E-state index is 0. The van der Waals surface area contributed by atoms with Crippen molar-refractivity contribution in [2.45, 2.75) is 6.18 Å². The molecule has 0 amide bonds. The number of H-pyrrole nitrogens is 1. The Morgan fingerprint density at radius 3 is 2.56 bits per heavy atom. The Labute approximate surface area is 131 Å².